The number of aromatic nitrogens is 4. The number of thioether (sulfide) groups is 1. The fourth-order valence-corrected chi connectivity index (χ4v) is 4.29. The summed E-state index contributed by atoms with van der Waals surface area (Å²) in [5.74, 6) is 0.840. The third-order valence-corrected chi connectivity index (χ3v) is 5.43. The summed E-state index contributed by atoms with van der Waals surface area (Å²) in [4.78, 5) is 27.3. The first-order valence-corrected chi connectivity index (χ1v) is 10.2. The maximum Gasteiger partial charge on any atom is 0.262 e. The fourth-order valence-electron chi connectivity index (χ4n) is 3.49. The lowest BCUT2D eigenvalue weighted by Gasteiger charge is -2.30. The molecule has 3 rings (SSSR count). The number of carbonyl (C=O) groups excluding carboxylic acids is 1. The van der Waals surface area contributed by atoms with E-state index in [0.29, 0.717) is 22.9 Å². The Hall–Kier alpha value is -2.35. The average Bonchev–Trinajstić information content (AvgIpc) is 3.04. The quantitative estimate of drug-likeness (QED) is 0.608. The van der Waals surface area contributed by atoms with Crippen molar-refractivity contribution in [3.8, 4) is 0 Å². The van der Waals surface area contributed by atoms with E-state index in [9.17, 15) is 9.59 Å². The van der Waals surface area contributed by atoms with Gasteiger partial charge in [-0.3, -0.25) is 18.6 Å². The molecule has 0 unspecified atom stereocenters. The molecule has 3 aromatic rings. The van der Waals surface area contributed by atoms with Crippen molar-refractivity contribution in [2.24, 2.45) is 0 Å². The molecule has 0 saturated heterocycles. The smallest absolute Gasteiger partial charge is 0.262 e. The predicted octanol–water partition coefficient (Wildman–Crippen LogP) is 2.80. The summed E-state index contributed by atoms with van der Waals surface area (Å²) in [7, 11) is 0. The van der Waals surface area contributed by atoms with Crippen molar-refractivity contribution < 1.29 is 4.79 Å². The van der Waals surface area contributed by atoms with Gasteiger partial charge in [-0.15, -0.1) is 10.2 Å². The molecule has 1 aromatic carbocycles. The maximum absolute atomic E-state index is 12.7. The molecule has 0 spiro atoms. The van der Waals surface area contributed by atoms with Crippen LogP contribution < -0.4 is 5.56 Å². The second-order valence-corrected chi connectivity index (χ2v) is 7.90. The third kappa shape index (κ3) is 3.45. The second-order valence-electron chi connectivity index (χ2n) is 6.96. The lowest BCUT2D eigenvalue weighted by Crippen LogP contribution is -2.43. The van der Waals surface area contributed by atoms with Gasteiger partial charge in [0, 0.05) is 18.6 Å². The van der Waals surface area contributed by atoms with Gasteiger partial charge < -0.3 is 4.90 Å². The summed E-state index contributed by atoms with van der Waals surface area (Å²) in [6.07, 6.45) is 0. The van der Waals surface area contributed by atoms with Gasteiger partial charge in [0.2, 0.25) is 11.7 Å². The Morgan fingerprint density at radius 2 is 1.81 bits per heavy atom. The first kappa shape index (κ1) is 19.4. The van der Waals surface area contributed by atoms with E-state index in [1.807, 2.05) is 68.2 Å². The highest BCUT2D eigenvalue weighted by molar-refractivity contribution is 7.99. The molecule has 0 bridgehead atoms. The van der Waals surface area contributed by atoms with Gasteiger partial charge >= 0.3 is 0 Å². The van der Waals surface area contributed by atoms with E-state index in [2.05, 4.69) is 10.2 Å². The van der Waals surface area contributed by atoms with Gasteiger partial charge in [-0.05, 0) is 46.8 Å². The molecule has 27 heavy (non-hydrogen) atoms. The Balaban J connectivity index is 2.03. The molecule has 0 aliphatic heterocycles. The van der Waals surface area contributed by atoms with Gasteiger partial charge in [0.25, 0.3) is 5.56 Å². The minimum atomic E-state index is -0.0774. The Labute approximate surface area is 162 Å². The Kier molecular flexibility index (Phi) is 5.55. The highest BCUT2D eigenvalue weighted by atomic mass is 32.2. The molecule has 7 nitrogen and oxygen atoms in total. The number of carbonyl (C=O) groups is 1. The van der Waals surface area contributed by atoms with Gasteiger partial charge in [0.15, 0.2) is 5.16 Å². The zero-order valence-corrected chi connectivity index (χ0v) is 17.2. The number of benzene rings is 1. The molecule has 0 aliphatic rings. The topological polar surface area (TPSA) is 72.5 Å². The van der Waals surface area contributed by atoms with Crippen LogP contribution in [0.25, 0.3) is 16.7 Å². The van der Waals surface area contributed by atoms with E-state index >= 15 is 0 Å². The number of fused-ring (bicyclic) bond motifs is 3. The van der Waals surface area contributed by atoms with Crippen molar-refractivity contribution in [2.75, 3.05) is 5.75 Å². The number of hydrogen-bond acceptors (Lipinski definition) is 5. The first-order chi connectivity index (χ1) is 12.9. The number of nitrogens with zero attached hydrogens (tertiary/aromatic N) is 5. The molecule has 1 amide bonds. The normalized spacial score (nSPS) is 11.8. The third-order valence-electron chi connectivity index (χ3n) is 4.52. The number of aryl methyl sites for hydroxylation is 1. The number of hydrogen-bond donors (Lipinski definition) is 0. The van der Waals surface area contributed by atoms with Crippen molar-refractivity contribution in [2.45, 2.75) is 58.4 Å². The van der Waals surface area contributed by atoms with E-state index in [-0.39, 0.29) is 29.3 Å². The van der Waals surface area contributed by atoms with Gasteiger partial charge in [0.05, 0.1) is 16.7 Å². The van der Waals surface area contributed by atoms with Crippen LogP contribution in [0.3, 0.4) is 0 Å². The van der Waals surface area contributed by atoms with Crippen molar-refractivity contribution in [1.29, 1.82) is 0 Å². The van der Waals surface area contributed by atoms with Crippen LogP contribution >= 0.6 is 11.8 Å². The average molecular weight is 388 g/mol. The van der Waals surface area contributed by atoms with Crippen molar-refractivity contribution >= 4 is 34.3 Å². The standard InChI is InChI=1S/C19H25N5O2S/c1-6-22-17(26)14-9-7-8-10-15(14)24-18(22)20-21-19(24)27-11-16(25)23(12(2)3)13(4)5/h7-10,12-13H,6,11H2,1-5H3. The highest BCUT2D eigenvalue weighted by Gasteiger charge is 2.22. The largest absolute Gasteiger partial charge is 0.337 e. The summed E-state index contributed by atoms with van der Waals surface area (Å²) in [6.45, 7) is 10.5. The molecule has 0 fully saturated rings. The van der Waals surface area contributed by atoms with E-state index < -0.39 is 0 Å². The molecule has 0 N–H and O–H groups in total. The zero-order chi connectivity index (χ0) is 19.7. The van der Waals surface area contributed by atoms with E-state index in [1.165, 1.54) is 11.8 Å². The van der Waals surface area contributed by atoms with E-state index in [0.717, 1.165) is 5.52 Å². The summed E-state index contributed by atoms with van der Waals surface area (Å²) in [5.41, 5.74) is 0.679. The molecule has 8 heteroatoms. The summed E-state index contributed by atoms with van der Waals surface area (Å²) in [6, 6.07) is 7.70. The minimum absolute atomic E-state index is 0.0647. The first-order valence-electron chi connectivity index (χ1n) is 9.17. The lowest BCUT2D eigenvalue weighted by molar-refractivity contribution is -0.131. The molecule has 2 heterocycles. The van der Waals surface area contributed by atoms with Gasteiger partial charge in [0.1, 0.15) is 0 Å². The predicted molar refractivity (Wildman–Crippen MR) is 108 cm³/mol. The molecular formula is C19H25N5O2S. The van der Waals surface area contributed by atoms with Crippen LogP contribution in [-0.2, 0) is 11.3 Å². The van der Waals surface area contributed by atoms with Crippen LogP contribution in [0.5, 0.6) is 0 Å². The van der Waals surface area contributed by atoms with E-state index in [1.54, 1.807) is 4.57 Å². The van der Waals surface area contributed by atoms with Gasteiger partial charge in [-0.2, -0.15) is 0 Å². The summed E-state index contributed by atoms with van der Waals surface area (Å²) in [5, 5.41) is 9.72. The maximum atomic E-state index is 12.7. The van der Waals surface area contributed by atoms with Crippen LogP contribution in [0.15, 0.2) is 34.2 Å². The molecule has 2 aromatic heterocycles. The Morgan fingerprint density at radius 3 is 2.44 bits per heavy atom. The molecule has 0 saturated carbocycles. The van der Waals surface area contributed by atoms with Crippen LogP contribution in [0, 0.1) is 0 Å². The Morgan fingerprint density at radius 1 is 1.15 bits per heavy atom. The molecule has 144 valence electrons. The molecular weight excluding hydrogens is 362 g/mol. The minimum Gasteiger partial charge on any atom is -0.337 e. The fraction of sp³-hybridized carbons (Fsp3) is 0.474. The van der Waals surface area contributed by atoms with Crippen molar-refractivity contribution in [3.05, 3.63) is 34.6 Å². The second kappa shape index (κ2) is 7.72. The molecule has 0 radical (unpaired) electrons. The SMILES string of the molecule is CCn1c(=O)c2ccccc2n2c(SCC(=O)N(C(C)C)C(C)C)nnc12. The number of rotatable bonds is 6. The zero-order valence-electron chi connectivity index (χ0n) is 16.3. The highest BCUT2D eigenvalue weighted by Crippen LogP contribution is 2.22. The molecule has 0 aliphatic carbocycles. The van der Waals surface area contributed by atoms with E-state index in [4.69, 9.17) is 0 Å². The monoisotopic (exact) mass is 387 g/mol. The summed E-state index contributed by atoms with van der Waals surface area (Å²) >= 11 is 1.35. The Bertz CT molecular complexity index is 1030. The van der Waals surface area contributed by atoms with Crippen LogP contribution in [0.4, 0.5) is 0 Å². The van der Waals surface area contributed by atoms with Crippen LogP contribution in [0.2, 0.25) is 0 Å². The number of para-hydroxylation sites is 1. The lowest BCUT2D eigenvalue weighted by atomic mass is 10.2. The van der Waals surface area contributed by atoms with Crippen LogP contribution in [0.1, 0.15) is 34.6 Å². The number of amides is 1. The van der Waals surface area contributed by atoms with Gasteiger partial charge in [-0.1, -0.05) is 23.9 Å². The van der Waals surface area contributed by atoms with Crippen molar-refractivity contribution in [1.82, 2.24) is 24.1 Å². The van der Waals surface area contributed by atoms with Crippen LogP contribution in [-0.4, -0.2) is 47.8 Å². The summed E-state index contributed by atoms with van der Waals surface area (Å²) < 4.78 is 3.48. The van der Waals surface area contributed by atoms with Gasteiger partial charge in [-0.25, -0.2) is 0 Å². The van der Waals surface area contributed by atoms with Crippen molar-refractivity contribution in [3.63, 3.8) is 0 Å². The molecule has 0 atom stereocenters.